The molecule has 0 aromatic carbocycles. The molecule has 7 N–H and O–H groups in total. The molecule has 0 spiro atoms. The van der Waals surface area contributed by atoms with Crippen LogP contribution in [0.15, 0.2) is 0 Å². The Balaban J connectivity index is 2.90. The number of nitrogens with two attached hydrogens (primary N) is 1. The van der Waals surface area contributed by atoms with Gasteiger partial charge in [-0.3, -0.25) is 4.79 Å². The van der Waals surface area contributed by atoms with Gasteiger partial charge in [0.2, 0.25) is 5.91 Å². The Morgan fingerprint density at radius 3 is 2.50 bits per heavy atom. The molecule has 94 valence electrons. The van der Waals surface area contributed by atoms with Crippen molar-refractivity contribution < 1.29 is 30.0 Å². The van der Waals surface area contributed by atoms with Crippen LogP contribution < -0.4 is 11.1 Å². The first-order chi connectivity index (χ1) is 7.32. The molecule has 0 radical (unpaired) electrons. The van der Waals surface area contributed by atoms with E-state index in [1.807, 2.05) is 0 Å². The van der Waals surface area contributed by atoms with Crippen LogP contribution in [0.1, 0.15) is 6.92 Å². The normalized spacial score (nSPS) is 44.1. The fraction of sp³-hybridized carbons (Fsp3) is 0.875. The maximum Gasteiger partial charge on any atom is 0.218 e. The molecule has 1 saturated heterocycles. The van der Waals surface area contributed by atoms with E-state index in [0.717, 1.165) is 6.92 Å². The van der Waals surface area contributed by atoms with Crippen LogP contribution in [-0.4, -0.2) is 63.2 Å². The van der Waals surface area contributed by atoms with Crippen molar-refractivity contribution in [1.82, 2.24) is 5.32 Å². The van der Waals surface area contributed by atoms with Gasteiger partial charge >= 0.3 is 0 Å². The zero-order valence-electron chi connectivity index (χ0n) is 8.70. The molecule has 1 heterocycles. The number of aliphatic hydroxyl groups excluding tert-OH is 4. The standard InChI is InChI=1S/C8H16N2O6/c1-3(12)10-8(9)6(14)5(13)4(2-11)16-7(8)15/h4-7,11,13-15H,2,9H2,1H3,(H,10,12)/t4-,5-,6+,7-,8+/m1/s1. The average Bonchev–Trinajstić information content (AvgIpc) is 2.20. The first-order valence-electron chi connectivity index (χ1n) is 4.71. The molecule has 1 aliphatic rings. The molecule has 8 nitrogen and oxygen atoms in total. The number of amides is 1. The fourth-order valence-corrected chi connectivity index (χ4v) is 1.58. The van der Waals surface area contributed by atoms with Gasteiger partial charge in [0.05, 0.1) is 6.61 Å². The Labute approximate surface area is 91.6 Å². The van der Waals surface area contributed by atoms with Gasteiger partial charge in [-0.1, -0.05) is 0 Å². The van der Waals surface area contributed by atoms with E-state index in [2.05, 4.69) is 5.32 Å². The number of nitrogens with one attached hydrogen (secondary N) is 1. The van der Waals surface area contributed by atoms with Gasteiger partial charge in [-0.2, -0.15) is 0 Å². The van der Waals surface area contributed by atoms with Gasteiger partial charge in [-0.05, 0) is 0 Å². The molecule has 0 aliphatic carbocycles. The minimum absolute atomic E-state index is 0.592. The summed E-state index contributed by atoms with van der Waals surface area (Å²) in [6, 6.07) is 0. The quantitative estimate of drug-likeness (QED) is 0.270. The van der Waals surface area contributed by atoms with E-state index < -0.39 is 42.8 Å². The number of ether oxygens (including phenoxy) is 1. The molecule has 1 rings (SSSR count). The molecule has 0 bridgehead atoms. The third-order valence-corrected chi connectivity index (χ3v) is 2.48. The molecule has 0 aromatic rings. The molecule has 1 fully saturated rings. The molecular formula is C8H16N2O6. The zero-order valence-corrected chi connectivity index (χ0v) is 8.70. The van der Waals surface area contributed by atoms with Crippen LogP contribution in [0.3, 0.4) is 0 Å². The summed E-state index contributed by atoms with van der Waals surface area (Å²) in [6.45, 7) is 0.546. The molecule has 5 atom stereocenters. The summed E-state index contributed by atoms with van der Waals surface area (Å²) in [4.78, 5) is 10.9. The van der Waals surface area contributed by atoms with Gasteiger partial charge < -0.3 is 36.2 Å². The van der Waals surface area contributed by atoms with Crippen molar-refractivity contribution in [2.45, 2.75) is 37.2 Å². The minimum atomic E-state index is -2.00. The predicted molar refractivity (Wildman–Crippen MR) is 50.7 cm³/mol. The molecule has 1 aliphatic heterocycles. The molecule has 8 heteroatoms. The summed E-state index contributed by atoms with van der Waals surface area (Å²) in [5.41, 5.74) is 3.55. The summed E-state index contributed by atoms with van der Waals surface area (Å²) in [5, 5.41) is 39.6. The fourth-order valence-electron chi connectivity index (χ4n) is 1.58. The van der Waals surface area contributed by atoms with Crippen molar-refractivity contribution in [3.05, 3.63) is 0 Å². The predicted octanol–water partition coefficient (Wildman–Crippen LogP) is -3.79. The SMILES string of the molecule is CC(=O)N[C@]1(N)[C@H](O)O[C@H](CO)[C@@H](O)[C@@H]1O. The van der Waals surface area contributed by atoms with E-state index in [-0.39, 0.29) is 0 Å². The highest BCUT2D eigenvalue weighted by Gasteiger charge is 2.53. The van der Waals surface area contributed by atoms with Crippen LogP contribution in [0.5, 0.6) is 0 Å². The number of hydrogen-bond donors (Lipinski definition) is 6. The smallest absolute Gasteiger partial charge is 0.218 e. The van der Waals surface area contributed by atoms with Gasteiger partial charge in [0.15, 0.2) is 12.0 Å². The topological polar surface area (TPSA) is 145 Å². The molecule has 0 aromatic heterocycles. The second-order valence-corrected chi connectivity index (χ2v) is 3.76. The van der Waals surface area contributed by atoms with E-state index in [9.17, 15) is 20.1 Å². The Bertz CT molecular complexity index is 275. The van der Waals surface area contributed by atoms with Crippen molar-refractivity contribution in [2.24, 2.45) is 5.73 Å². The number of aliphatic hydroxyl groups is 4. The minimum Gasteiger partial charge on any atom is -0.394 e. The average molecular weight is 236 g/mol. The van der Waals surface area contributed by atoms with Crippen LogP contribution in [0.25, 0.3) is 0 Å². The largest absolute Gasteiger partial charge is 0.394 e. The number of hydrogen-bond acceptors (Lipinski definition) is 7. The van der Waals surface area contributed by atoms with Crippen molar-refractivity contribution in [1.29, 1.82) is 0 Å². The Kier molecular flexibility index (Phi) is 3.84. The monoisotopic (exact) mass is 236 g/mol. The Morgan fingerprint density at radius 1 is 1.50 bits per heavy atom. The highest BCUT2D eigenvalue weighted by molar-refractivity contribution is 5.74. The maximum atomic E-state index is 10.9. The lowest BCUT2D eigenvalue weighted by atomic mass is 9.91. The van der Waals surface area contributed by atoms with Crippen molar-refractivity contribution >= 4 is 5.91 Å². The van der Waals surface area contributed by atoms with E-state index in [4.69, 9.17) is 15.6 Å². The first kappa shape index (κ1) is 13.3. The highest BCUT2D eigenvalue weighted by atomic mass is 16.6. The van der Waals surface area contributed by atoms with Crippen LogP contribution in [0.4, 0.5) is 0 Å². The Hall–Kier alpha value is -0.770. The van der Waals surface area contributed by atoms with E-state index >= 15 is 0 Å². The van der Waals surface area contributed by atoms with Crippen molar-refractivity contribution in [3.63, 3.8) is 0 Å². The van der Waals surface area contributed by atoms with Crippen LogP contribution >= 0.6 is 0 Å². The zero-order chi connectivity index (χ0) is 12.5. The van der Waals surface area contributed by atoms with E-state index in [1.165, 1.54) is 0 Å². The summed E-state index contributed by atoms with van der Waals surface area (Å²) < 4.78 is 4.79. The third kappa shape index (κ3) is 2.17. The van der Waals surface area contributed by atoms with Gasteiger partial charge in [-0.25, -0.2) is 0 Å². The summed E-state index contributed by atoms with van der Waals surface area (Å²) in [7, 11) is 0. The Morgan fingerprint density at radius 2 is 2.06 bits per heavy atom. The van der Waals surface area contributed by atoms with E-state index in [0.29, 0.717) is 0 Å². The number of carbonyl (C=O) groups excluding carboxylic acids is 1. The van der Waals surface area contributed by atoms with Crippen LogP contribution in [-0.2, 0) is 9.53 Å². The van der Waals surface area contributed by atoms with Gasteiger partial charge in [0.1, 0.15) is 18.3 Å². The summed E-state index contributed by atoms with van der Waals surface area (Å²) >= 11 is 0. The second-order valence-electron chi connectivity index (χ2n) is 3.76. The number of carbonyl (C=O) groups is 1. The summed E-state index contributed by atoms with van der Waals surface area (Å²) in [5.74, 6) is -0.598. The second kappa shape index (κ2) is 4.62. The molecular weight excluding hydrogens is 220 g/mol. The lowest BCUT2D eigenvalue weighted by Crippen LogP contribution is -2.77. The lowest BCUT2D eigenvalue weighted by Gasteiger charge is -2.46. The van der Waals surface area contributed by atoms with E-state index in [1.54, 1.807) is 0 Å². The van der Waals surface area contributed by atoms with Gasteiger partial charge in [-0.15, -0.1) is 0 Å². The maximum absolute atomic E-state index is 10.9. The van der Waals surface area contributed by atoms with Crippen molar-refractivity contribution in [2.75, 3.05) is 6.61 Å². The molecule has 1 amide bonds. The summed E-state index contributed by atoms with van der Waals surface area (Å²) in [6.07, 6.45) is -6.05. The van der Waals surface area contributed by atoms with Gasteiger partial charge in [0.25, 0.3) is 0 Å². The van der Waals surface area contributed by atoms with Crippen LogP contribution in [0.2, 0.25) is 0 Å². The van der Waals surface area contributed by atoms with Crippen molar-refractivity contribution in [3.8, 4) is 0 Å². The molecule has 0 saturated carbocycles. The first-order valence-corrected chi connectivity index (χ1v) is 4.71. The molecule has 16 heavy (non-hydrogen) atoms. The van der Waals surface area contributed by atoms with Gasteiger partial charge in [0, 0.05) is 6.92 Å². The van der Waals surface area contributed by atoms with Crippen LogP contribution in [0, 0.1) is 0 Å². The third-order valence-electron chi connectivity index (χ3n) is 2.48. The highest BCUT2D eigenvalue weighted by Crippen LogP contribution is 2.24. The molecule has 0 unspecified atom stereocenters. The lowest BCUT2D eigenvalue weighted by molar-refractivity contribution is -0.282. The number of rotatable bonds is 2.